The van der Waals surface area contributed by atoms with E-state index < -0.39 is 17.2 Å². The molecule has 1 aliphatic heterocycles. The molecular weight excluding hydrogens is 591 g/mol. The average molecular weight is 621 g/mol. The molecule has 232 valence electrons. The molecule has 3 heterocycles. The number of rotatable bonds is 9. The number of ether oxygens (including phenoxy) is 2. The van der Waals surface area contributed by atoms with Gasteiger partial charge in [0.2, 0.25) is 5.91 Å². The number of methoxy groups -OCH3 is 2. The fourth-order valence-corrected chi connectivity index (χ4v) is 4.93. The molecule has 46 heavy (non-hydrogen) atoms. The van der Waals surface area contributed by atoms with Gasteiger partial charge in [-0.15, -0.1) is 10.2 Å². The van der Waals surface area contributed by atoms with Gasteiger partial charge in [-0.2, -0.15) is 5.10 Å². The molecule has 1 aliphatic carbocycles. The molecule has 0 unspecified atom stereocenters. The third-order valence-electron chi connectivity index (χ3n) is 7.40. The van der Waals surface area contributed by atoms with E-state index in [-0.39, 0.29) is 34.9 Å². The third kappa shape index (κ3) is 7.27. The average Bonchev–Trinajstić information content (AvgIpc) is 3.81. The summed E-state index contributed by atoms with van der Waals surface area (Å²) in [5.41, 5.74) is 1.66. The number of carbonyl (C=O) groups excluding carboxylic acids is 4. The van der Waals surface area contributed by atoms with Crippen molar-refractivity contribution < 1.29 is 28.7 Å². The largest absolute Gasteiger partial charge is 0.494 e. The van der Waals surface area contributed by atoms with Gasteiger partial charge in [0.05, 0.1) is 54.8 Å². The standard InChI is InChI=1S/C28H30B3N9O6/c1-38-20(26(43)39-9-11-40(12-10-39)27(44)46-3)13-18(37-38)16-5-4-6-17(23(16)45-2)32-19-14-21(33-24(41)15-7-8-15)35-36-22(19)25(42)34-28(29,30)31/h4-6,13-15H,7-12H2,1-3H3,(H,34,42)(H2,32,33,35,41). The van der Waals surface area contributed by atoms with Crippen LogP contribution in [-0.2, 0) is 16.6 Å². The summed E-state index contributed by atoms with van der Waals surface area (Å²) in [6.45, 7) is 1.39. The lowest BCUT2D eigenvalue weighted by Crippen LogP contribution is -2.50. The van der Waals surface area contributed by atoms with Gasteiger partial charge < -0.3 is 35.2 Å². The Morgan fingerprint density at radius 3 is 2.28 bits per heavy atom. The van der Waals surface area contributed by atoms with Gasteiger partial charge in [0, 0.05) is 50.8 Å². The molecule has 1 saturated heterocycles. The molecular formula is C28H30B3N9O6. The van der Waals surface area contributed by atoms with Crippen molar-refractivity contribution in [1.29, 1.82) is 0 Å². The van der Waals surface area contributed by atoms with Gasteiger partial charge in [0.1, 0.15) is 5.69 Å². The Balaban J connectivity index is 1.43. The van der Waals surface area contributed by atoms with E-state index in [1.807, 2.05) is 0 Å². The van der Waals surface area contributed by atoms with Gasteiger partial charge in [-0.3, -0.25) is 19.1 Å². The van der Waals surface area contributed by atoms with Crippen LogP contribution in [0.1, 0.15) is 33.8 Å². The number of amides is 4. The van der Waals surface area contributed by atoms with Crippen molar-refractivity contribution in [2.75, 3.05) is 51.0 Å². The minimum atomic E-state index is -2.03. The van der Waals surface area contributed by atoms with Gasteiger partial charge in [0.15, 0.2) is 17.3 Å². The minimum absolute atomic E-state index is 0.0927. The van der Waals surface area contributed by atoms with E-state index >= 15 is 0 Å². The molecule has 2 aromatic heterocycles. The molecule has 0 bridgehead atoms. The molecule has 15 nitrogen and oxygen atoms in total. The SMILES string of the molecule is [B]C([B])([B])NC(=O)c1nnc(NC(=O)C2CC2)cc1Nc1cccc(-c2cc(C(=O)N3CCN(C(=O)OC)CC3)n(C)n2)c1OC. The molecule has 1 aromatic carbocycles. The number of para-hydroxylation sites is 1. The van der Waals surface area contributed by atoms with Crippen molar-refractivity contribution in [3.05, 3.63) is 41.7 Å². The summed E-state index contributed by atoms with van der Waals surface area (Å²) in [7, 11) is 21.2. The Morgan fingerprint density at radius 1 is 0.957 bits per heavy atom. The molecule has 1 saturated carbocycles. The zero-order chi connectivity index (χ0) is 33.2. The Kier molecular flexibility index (Phi) is 9.26. The normalized spacial score (nSPS) is 14.8. The highest BCUT2D eigenvalue weighted by Crippen LogP contribution is 2.38. The Bertz CT molecular complexity index is 1670. The molecule has 2 fully saturated rings. The predicted molar refractivity (Wildman–Crippen MR) is 169 cm³/mol. The molecule has 4 amide bonds. The van der Waals surface area contributed by atoms with E-state index in [0.29, 0.717) is 54.6 Å². The maximum absolute atomic E-state index is 13.4. The number of nitrogens with one attached hydrogen (secondary N) is 3. The van der Waals surface area contributed by atoms with Crippen molar-refractivity contribution in [2.45, 2.75) is 18.1 Å². The molecule has 2 aliphatic rings. The van der Waals surface area contributed by atoms with E-state index in [1.165, 1.54) is 29.9 Å². The van der Waals surface area contributed by atoms with Gasteiger partial charge >= 0.3 is 6.09 Å². The Morgan fingerprint density at radius 2 is 1.65 bits per heavy atom. The van der Waals surface area contributed by atoms with Gasteiger partial charge in [-0.1, -0.05) is 11.3 Å². The zero-order valence-electron chi connectivity index (χ0n) is 25.6. The van der Waals surface area contributed by atoms with Crippen molar-refractivity contribution in [2.24, 2.45) is 13.0 Å². The number of carbonyl (C=O) groups is 4. The minimum Gasteiger partial charge on any atom is -0.494 e. The van der Waals surface area contributed by atoms with Crippen LogP contribution in [0.5, 0.6) is 5.75 Å². The summed E-state index contributed by atoms with van der Waals surface area (Å²) in [5.74, 6) is -0.903. The summed E-state index contributed by atoms with van der Waals surface area (Å²) in [6.07, 6.45) is 1.14. The fourth-order valence-electron chi connectivity index (χ4n) is 4.93. The van der Waals surface area contributed by atoms with Crippen LogP contribution in [0.25, 0.3) is 11.3 Å². The monoisotopic (exact) mass is 621 g/mol. The molecule has 0 atom stereocenters. The molecule has 18 heteroatoms. The number of aryl methyl sites for hydroxylation is 1. The van der Waals surface area contributed by atoms with Crippen LogP contribution in [0.4, 0.5) is 22.0 Å². The fraction of sp³-hybridized carbons (Fsp3) is 0.393. The number of benzene rings is 1. The lowest BCUT2D eigenvalue weighted by Gasteiger charge is -2.33. The van der Waals surface area contributed by atoms with Crippen LogP contribution in [0.2, 0.25) is 0 Å². The third-order valence-corrected chi connectivity index (χ3v) is 7.40. The first-order valence-corrected chi connectivity index (χ1v) is 14.4. The lowest BCUT2D eigenvalue weighted by atomic mass is 9.49. The number of hydrogen-bond acceptors (Lipinski definition) is 10. The van der Waals surface area contributed by atoms with Crippen LogP contribution in [0.15, 0.2) is 30.3 Å². The first-order valence-electron chi connectivity index (χ1n) is 14.4. The van der Waals surface area contributed by atoms with Crippen LogP contribution < -0.4 is 20.7 Å². The summed E-state index contributed by atoms with van der Waals surface area (Å²) >= 11 is 0. The van der Waals surface area contributed by atoms with E-state index in [2.05, 4.69) is 31.2 Å². The Hall–Kier alpha value is -5.02. The van der Waals surface area contributed by atoms with E-state index in [0.717, 1.165) is 12.8 Å². The van der Waals surface area contributed by atoms with Crippen molar-refractivity contribution in [3.8, 4) is 17.0 Å². The van der Waals surface area contributed by atoms with Gasteiger partial charge in [-0.05, 0) is 31.0 Å². The topological polar surface area (TPSA) is 173 Å². The number of piperazine rings is 1. The second-order valence-corrected chi connectivity index (χ2v) is 10.9. The van der Waals surface area contributed by atoms with Crippen molar-refractivity contribution in [1.82, 2.24) is 35.1 Å². The maximum Gasteiger partial charge on any atom is 0.409 e. The molecule has 0 spiro atoms. The summed E-state index contributed by atoms with van der Waals surface area (Å²) in [5, 5.41) is 18.6. The van der Waals surface area contributed by atoms with E-state index in [1.54, 1.807) is 36.2 Å². The number of aromatic nitrogens is 4. The van der Waals surface area contributed by atoms with E-state index in [4.69, 9.17) is 33.0 Å². The van der Waals surface area contributed by atoms with Crippen LogP contribution in [0.3, 0.4) is 0 Å². The number of nitrogens with zero attached hydrogens (tertiary/aromatic N) is 6. The smallest absolute Gasteiger partial charge is 0.409 e. The number of anilines is 3. The highest BCUT2D eigenvalue weighted by molar-refractivity contribution is 6.60. The molecule has 5 rings (SSSR count). The van der Waals surface area contributed by atoms with Crippen LogP contribution >= 0.6 is 0 Å². The maximum atomic E-state index is 13.4. The highest BCUT2D eigenvalue weighted by Gasteiger charge is 2.31. The van der Waals surface area contributed by atoms with Crippen molar-refractivity contribution in [3.63, 3.8) is 0 Å². The van der Waals surface area contributed by atoms with Crippen LogP contribution in [-0.4, -0.2) is 123 Å². The van der Waals surface area contributed by atoms with E-state index in [9.17, 15) is 19.2 Å². The second kappa shape index (κ2) is 13.1. The van der Waals surface area contributed by atoms with Gasteiger partial charge in [0.25, 0.3) is 11.8 Å². The summed E-state index contributed by atoms with van der Waals surface area (Å²) in [6, 6.07) is 8.29. The van der Waals surface area contributed by atoms with Gasteiger partial charge in [-0.25, -0.2) is 4.79 Å². The quantitative estimate of drug-likeness (QED) is 0.283. The van der Waals surface area contributed by atoms with Crippen molar-refractivity contribution >= 4 is 64.5 Å². The highest BCUT2D eigenvalue weighted by atomic mass is 16.5. The summed E-state index contributed by atoms with van der Waals surface area (Å²) < 4.78 is 12.0. The summed E-state index contributed by atoms with van der Waals surface area (Å²) in [4.78, 5) is 53.8. The predicted octanol–water partition coefficient (Wildman–Crippen LogP) is 0.349. The molecule has 6 radical (unpaired) electrons. The lowest BCUT2D eigenvalue weighted by molar-refractivity contribution is -0.117. The second-order valence-electron chi connectivity index (χ2n) is 10.9. The molecule has 3 N–H and O–H groups in total. The zero-order valence-corrected chi connectivity index (χ0v) is 25.6. The number of hydrogen-bond donors (Lipinski definition) is 3. The first kappa shape index (κ1) is 32.4. The van der Waals surface area contributed by atoms with Crippen LogP contribution in [0, 0.1) is 5.92 Å². The Labute approximate surface area is 269 Å². The molecule has 3 aromatic rings. The first-order chi connectivity index (χ1) is 21.9.